The van der Waals surface area contributed by atoms with Gasteiger partial charge < -0.3 is 5.73 Å². The minimum absolute atomic E-state index is 0.353. The van der Waals surface area contributed by atoms with Gasteiger partial charge in [-0.15, -0.1) is 11.8 Å². The molecule has 5 heteroatoms. The van der Waals surface area contributed by atoms with Crippen molar-refractivity contribution in [1.29, 1.82) is 0 Å². The summed E-state index contributed by atoms with van der Waals surface area (Å²) in [5.41, 5.74) is 6.00. The Morgan fingerprint density at radius 3 is 2.69 bits per heavy atom. The zero-order valence-corrected chi connectivity index (χ0v) is 10.0. The van der Waals surface area contributed by atoms with E-state index in [-0.39, 0.29) is 11.2 Å². The second kappa shape index (κ2) is 5.55. The molecule has 0 radical (unpaired) electrons. The minimum atomic E-state index is -0.818. The Morgan fingerprint density at radius 2 is 2.12 bits per heavy atom. The summed E-state index contributed by atoms with van der Waals surface area (Å²) in [6, 6.07) is 7.00. The Kier molecular flexibility index (Phi) is 4.37. The Labute approximate surface area is 98.6 Å². The lowest BCUT2D eigenvalue weighted by Crippen LogP contribution is -2.39. The van der Waals surface area contributed by atoms with E-state index in [9.17, 15) is 9.59 Å². The maximum absolute atomic E-state index is 11.4. The maximum Gasteiger partial charge on any atom is 0.318 e. The number of rotatable bonds is 3. The second-order valence-corrected chi connectivity index (χ2v) is 4.84. The van der Waals surface area contributed by atoms with Gasteiger partial charge in [0.25, 0.3) is 0 Å². The van der Waals surface area contributed by atoms with E-state index in [4.69, 9.17) is 5.73 Å². The third kappa shape index (κ3) is 3.94. The van der Waals surface area contributed by atoms with Gasteiger partial charge >= 0.3 is 6.03 Å². The normalized spacial score (nSPS) is 11.9. The van der Waals surface area contributed by atoms with E-state index in [2.05, 4.69) is 5.32 Å². The Morgan fingerprint density at radius 1 is 1.44 bits per heavy atom. The van der Waals surface area contributed by atoms with Gasteiger partial charge in [-0.1, -0.05) is 17.7 Å². The van der Waals surface area contributed by atoms with E-state index in [0.29, 0.717) is 0 Å². The van der Waals surface area contributed by atoms with E-state index in [1.165, 1.54) is 11.8 Å². The van der Waals surface area contributed by atoms with E-state index in [1.807, 2.05) is 31.2 Å². The molecule has 0 spiro atoms. The zero-order chi connectivity index (χ0) is 12.1. The molecule has 3 N–H and O–H groups in total. The van der Waals surface area contributed by atoms with Crippen molar-refractivity contribution in [3.63, 3.8) is 0 Å². The Bertz CT molecular complexity index is 407. The van der Waals surface area contributed by atoms with Gasteiger partial charge in [0, 0.05) is 4.90 Å². The third-order valence-electron chi connectivity index (χ3n) is 1.92. The predicted octanol–water partition coefficient (Wildman–Crippen LogP) is 1.67. The summed E-state index contributed by atoms with van der Waals surface area (Å²) in [5.74, 6) is -0.376. The first-order valence-electron chi connectivity index (χ1n) is 4.82. The van der Waals surface area contributed by atoms with Crippen LogP contribution in [-0.4, -0.2) is 17.2 Å². The molecule has 0 heterocycles. The van der Waals surface area contributed by atoms with Crippen LogP contribution in [0.2, 0.25) is 0 Å². The molecule has 0 aromatic heterocycles. The number of hydrogen-bond donors (Lipinski definition) is 2. The van der Waals surface area contributed by atoms with Crippen molar-refractivity contribution >= 4 is 23.7 Å². The number of carbonyl (C=O) groups is 2. The molecule has 1 aromatic carbocycles. The number of carbonyl (C=O) groups excluding carboxylic acids is 2. The van der Waals surface area contributed by atoms with Crippen molar-refractivity contribution < 1.29 is 9.59 Å². The first-order valence-corrected chi connectivity index (χ1v) is 5.70. The van der Waals surface area contributed by atoms with E-state index in [1.54, 1.807) is 6.92 Å². The molecule has 0 aliphatic carbocycles. The van der Waals surface area contributed by atoms with E-state index < -0.39 is 6.03 Å². The third-order valence-corrected chi connectivity index (χ3v) is 3.01. The van der Waals surface area contributed by atoms with Crippen molar-refractivity contribution in [2.75, 3.05) is 0 Å². The quantitative estimate of drug-likeness (QED) is 0.787. The molecule has 0 saturated carbocycles. The van der Waals surface area contributed by atoms with Crippen molar-refractivity contribution in [3.05, 3.63) is 29.8 Å². The topological polar surface area (TPSA) is 72.2 Å². The highest BCUT2D eigenvalue weighted by Gasteiger charge is 2.15. The summed E-state index contributed by atoms with van der Waals surface area (Å²) < 4.78 is 0. The highest BCUT2D eigenvalue weighted by Crippen LogP contribution is 2.23. The Balaban J connectivity index is 2.60. The molecule has 86 valence electrons. The van der Waals surface area contributed by atoms with Crippen LogP contribution in [0.15, 0.2) is 29.2 Å². The molecular weight excluding hydrogens is 224 g/mol. The molecule has 0 bridgehead atoms. The highest BCUT2D eigenvalue weighted by molar-refractivity contribution is 8.00. The van der Waals surface area contributed by atoms with Crippen molar-refractivity contribution in [2.45, 2.75) is 24.0 Å². The van der Waals surface area contributed by atoms with Crippen LogP contribution in [0.3, 0.4) is 0 Å². The number of benzene rings is 1. The molecular formula is C11H14N2O2S. The van der Waals surface area contributed by atoms with Gasteiger partial charge in [0.2, 0.25) is 5.91 Å². The number of hydrogen-bond acceptors (Lipinski definition) is 3. The predicted molar refractivity (Wildman–Crippen MR) is 64.2 cm³/mol. The summed E-state index contributed by atoms with van der Waals surface area (Å²) in [4.78, 5) is 22.9. The van der Waals surface area contributed by atoms with Crippen LogP contribution in [0.4, 0.5) is 4.79 Å². The number of nitrogens with two attached hydrogens (primary N) is 1. The summed E-state index contributed by atoms with van der Waals surface area (Å²) in [7, 11) is 0. The van der Waals surface area contributed by atoms with Gasteiger partial charge in [-0.05, 0) is 26.0 Å². The molecule has 4 nitrogen and oxygen atoms in total. The van der Waals surface area contributed by atoms with Crippen molar-refractivity contribution in [3.8, 4) is 0 Å². The second-order valence-electron chi connectivity index (χ2n) is 3.43. The zero-order valence-electron chi connectivity index (χ0n) is 9.19. The van der Waals surface area contributed by atoms with Crippen LogP contribution >= 0.6 is 11.8 Å². The summed E-state index contributed by atoms with van der Waals surface area (Å²) >= 11 is 1.39. The molecule has 1 atom stereocenters. The lowest BCUT2D eigenvalue weighted by molar-refractivity contribution is -0.119. The average Bonchev–Trinajstić information content (AvgIpc) is 2.16. The van der Waals surface area contributed by atoms with Crippen LogP contribution in [0, 0.1) is 6.92 Å². The molecule has 3 amide bonds. The molecule has 1 rings (SSSR count). The van der Waals surface area contributed by atoms with Crippen molar-refractivity contribution in [1.82, 2.24) is 5.32 Å². The number of thioether (sulfide) groups is 1. The summed E-state index contributed by atoms with van der Waals surface area (Å²) in [6.07, 6.45) is 0. The number of primary amides is 1. The molecule has 0 saturated heterocycles. The first kappa shape index (κ1) is 12.6. The van der Waals surface area contributed by atoms with E-state index >= 15 is 0 Å². The number of urea groups is 1. The van der Waals surface area contributed by atoms with Crippen LogP contribution < -0.4 is 11.1 Å². The van der Waals surface area contributed by atoms with Gasteiger partial charge in [-0.3, -0.25) is 10.1 Å². The SMILES string of the molecule is Cc1cccc(S[C@@H](C)C(=O)NC(N)=O)c1. The van der Waals surface area contributed by atoms with Gasteiger partial charge in [0.1, 0.15) is 0 Å². The molecule has 0 unspecified atom stereocenters. The minimum Gasteiger partial charge on any atom is -0.351 e. The van der Waals surface area contributed by atoms with Gasteiger partial charge in [-0.25, -0.2) is 4.79 Å². The fourth-order valence-corrected chi connectivity index (χ4v) is 2.15. The molecule has 16 heavy (non-hydrogen) atoms. The van der Waals surface area contributed by atoms with Crippen LogP contribution in [0.5, 0.6) is 0 Å². The number of amides is 3. The summed E-state index contributed by atoms with van der Waals surface area (Å²) in [5, 5.41) is 1.70. The number of aryl methyl sites for hydroxylation is 1. The molecule has 1 aromatic rings. The van der Waals surface area contributed by atoms with E-state index in [0.717, 1.165) is 10.5 Å². The van der Waals surface area contributed by atoms with Crippen LogP contribution in [-0.2, 0) is 4.79 Å². The maximum atomic E-state index is 11.4. The average molecular weight is 238 g/mol. The standard InChI is InChI=1S/C11H14N2O2S/c1-7-4-3-5-9(6-7)16-8(2)10(14)13-11(12)15/h3-6,8H,1-2H3,(H3,12,13,14,15)/t8-/m0/s1. The summed E-state index contributed by atoms with van der Waals surface area (Å²) in [6.45, 7) is 3.71. The van der Waals surface area contributed by atoms with Gasteiger partial charge in [0.15, 0.2) is 0 Å². The fourth-order valence-electron chi connectivity index (χ4n) is 1.17. The number of imide groups is 1. The monoisotopic (exact) mass is 238 g/mol. The van der Waals surface area contributed by atoms with Crippen molar-refractivity contribution in [2.24, 2.45) is 5.73 Å². The highest BCUT2D eigenvalue weighted by atomic mass is 32.2. The van der Waals surface area contributed by atoms with Crippen LogP contribution in [0.25, 0.3) is 0 Å². The van der Waals surface area contributed by atoms with Gasteiger partial charge in [-0.2, -0.15) is 0 Å². The smallest absolute Gasteiger partial charge is 0.318 e. The lowest BCUT2D eigenvalue weighted by Gasteiger charge is -2.10. The molecule has 0 fully saturated rings. The van der Waals surface area contributed by atoms with Gasteiger partial charge in [0.05, 0.1) is 5.25 Å². The number of nitrogens with one attached hydrogen (secondary N) is 1. The lowest BCUT2D eigenvalue weighted by atomic mass is 10.2. The molecule has 0 aliphatic heterocycles. The van der Waals surface area contributed by atoms with Crippen LogP contribution in [0.1, 0.15) is 12.5 Å². The Hall–Kier alpha value is -1.49. The largest absolute Gasteiger partial charge is 0.351 e. The first-order chi connectivity index (χ1) is 7.49. The fraction of sp³-hybridized carbons (Fsp3) is 0.273. The molecule has 0 aliphatic rings.